The van der Waals surface area contributed by atoms with Gasteiger partial charge in [-0.25, -0.2) is 4.68 Å². The highest BCUT2D eigenvalue weighted by molar-refractivity contribution is 6.00. The van der Waals surface area contributed by atoms with Gasteiger partial charge in [0.25, 0.3) is 5.56 Å². The van der Waals surface area contributed by atoms with Gasteiger partial charge in [-0.3, -0.25) is 14.4 Å². The van der Waals surface area contributed by atoms with E-state index in [2.05, 4.69) is 10.3 Å². The van der Waals surface area contributed by atoms with Crippen LogP contribution >= 0.6 is 0 Å². The average Bonchev–Trinajstić information content (AvgIpc) is 3.37. The third-order valence-corrected chi connectivity index (χ3v) is 8.22. The van der Waals surface area contributed by atoms with Crippen LogP contribution in [0.2, 0.25) is 0 Å². The van der Waals surface area contributed by atoms with E-state index in [1.807, 2.05) is 0 Å². The smallest absolute Gasteiger partial charge is 0.416 e. The Kier molecular flexibility index (Phi) is 7.91. The quantitative estimate of drug-likeness (QED) is 0.370. The van der Waals surface area contributed by atoms with E-state index in [1.165, 1.54) is 19.3 Å². The van der Waals surface area contributed by atoms with Crippen molar-refractivity contribution in [2.24, 2.45) is 23.7 Å². The van der Waals surface area contributed by atoms with Crippen LogP contribution in [0.3, 0.4) is 0 Å². The maximum atomic E-state index is 13.3. The fourth-order valence-electron chi connectivity index (χ4n) is 6.05. The molecule has 5 rings (SSSR count). The molecule has 8 nitrogen and oxygen atoms in total. The van der Waals surface area contributed by atoms with Crippen molar-refractivity contribution >= 4 is 22.7 Å². The zero-order chi connectivity index (χ0) is 28.4. The van der Waals surface area contributed by atoms with Gasteiger partial charge in [0.15, 0.2) is 5.78 Å². The number of carbonyl (C=O) groups excluding carboxylic acids is 1. The van der Waals surface area contributed by atoms with Gasteiger partial charge in [0.1, 0.15) is 11.3 Å². The fraction of sp³-hybridized carbons (Fsp3) is 0.483. The van der Waals surface area contributed by atoms with E-state index in [9.17, 15) is 32.7 Å². The molecule has 11 heteroatoms. The molecule has 2 fully saturated rings. The van der Waals surface area contributed by atoms with E-state index in [4.69, 9.17) is 4.74 Å². The van der Waals surface area contributed by atoms with Crippen molar-refractivity contribution in [1.82, 2.24) is 15.0 Å². The van der Waals surface area contributed by atoms with Crippen LogP contribution in [-0.4, -0.2) is 38.5 Å². The van der Waals surface area contributed by atoms with Gasteiger partial charge in [-0.2, -0.15) is 13.2 Å². The van der Waals surface area contributed by atoms with Crippen molar-refractivity contribution in [3.63, 3.8) is 0 Å². The number of hydrogen-bond donors (Lipinski definition) is 1. The lowest BCUT2D eigenvalue weighted by atomic mass is 9.84. The van der Waals surface area contributed by atoms with Gasteiger partial charge in [-0.05, 0) is 80.0 Å². The van der Waals surface area contributed by atoms with E-state index in [0.717, 1.165) is 35.7 Å². The normalized spacial score (nSPS) is 21.9. The number of ketones is 1. The number of carboxylic acids is 1. The number of rotatable bonds is 8. The lowest BCUT2D eigenvalue weighted by Gasteiger charge is -2.22. The summed E-state index contributed by atoms with van der Waals surface area (Å²) in [7, 11) is 0. The summed E-state index contributed by atoms with van der Waals surface area (Å²) in [6.45, 7) is 0.458. The van der Waals surface area contributed by atoms with Crippen LogP contribution < -0.4 is 10.3 Å². The summed E-state index contributed by atoms with van der Waals surface area (Å²) < 4.78 is 46.3. The highest BCUT2D eigenvalue weighted by Gasteiger charge is 2.45. The SMILES string of the molecule is O=C(O)[C@@H]1[C@H](Cn2nnc3ccc(C(F)(F)F)cc3c2=O)CC[C@H]1C(=O)c1ccc(OCC2CCCCC2)cc1. The molecule has 0 unspecified atom stereocenters. The van der Waals surface area contributed by atoms with Gasteiger partial charge in [0, 0.05) is 11.5 Å². The number of nitrogens with zero attached hydrogens (tertiary/aromatic N) is 3. The van der Waals surface area contributed by atoms with Crippen molar-refractivity contribution in [2.45, 2.75) is 57.7 Å². The standard InChI is InChI=1S/C29H30F3N3O5/c30-29(31,32)20-9-13-24-23(14-20)27(37)35(34-33-24)15-19-8-12-22(25(19)28(38)39)26(36)18-6-10-21(11-7-18)40-16-17-4-2-1-3-5-17/h6-7,9-11,13-14,17,19,22,25H,1-5,8,12,15-16H2,(H,38,39)/t19-,22+,25+/m0/s1. The summed E-state index contributed by atoms with van der Waals surface area (Å²) in [6.07, 6.45) is 2.01. The molecule has 40 heavy (non-hydrogen) atoms. The van der Waals surface area contributed by atoms with E-state index < -0.39 is 41.0 Å². The summed E-state index contributed by atoms with van der Waals surface area (Å²) in [6, 6.07) is 9.35. The summed E-state index contributed by atoms with van der Waals surface area (Å²) in [5.41, 5.74) is -1.39. The van der Waals surface area contributed by atoms with Crippen molar-refractivity contribution in [2.75, 3.05) is 6.61 Å². The molecule has 2 aliphatic rings. The molecule has 0 radical (unpaired) electrons. The molecular weight excluding hydrogens is 527 g/mol. The van der Waals surface area contributed by atoms with Crippen LogP contribution in [0.25, 0.3) is 10.9 Å². The van der Waals surface area contributed by atoms with Crippen LogP contribution in [-0.2, 0) is 17.5 Å². The fourth-order valence-corrected chi connectivity index (χ4v) is 6.05. The number of fused-ring (bicyclic) bond motifs is 1. The predicted octanol–water partition coefficient (Wildman–Crippen LogP) is 5.38. The van der Waals surface area contributed by atoms with E-state index in [1.54, 1.807) is 24.3 Å². The van der Waals surface area contributed by atoms with Gasteiger partial charge < -0.3 is 9.84 Å². The Hall–Kier alpha value is -3.76. The number of Topliss-reactive ketones (excluding diaryl/α,β-unsaturated/α-hetero) is 1. The third kappa shape index (κ3) is 5.88. The number of carboxylic acid groups (broad SMARTS) is 1. The minimum Gasteiger partial charge on any atom is -0.493 e. The number of benzene rings is 2. The van der Waals surface area contributed by atoms with E-state index >= 15 is 0 Å². The first kappa shape index (κ1) is 27.8. The maximum absolute atomic E-state index is 13.3. The summed E-state index contributed by atoms with van der Waals surface area (Å²) >= 11 is 0. The Morgan fingerprint density at radius 2 is 1.73 bits per heavy atom. The Bertz CT molecular complexity index is 1450. The van der Waals surface area contributed by atoms with E-state index in [-0.39, 0.29) is 23.2 Å². The van der Waals surface area contributed by atoms with Crippen molar-refractivity contribution < 1.29 is 32.6 Å². The average molecular weight is 558 g/mol. The van der Waals surface area contributed by atoms with Crippen LogP contribution in [0, 0.1) is 23.7 Å². The van der Waals surface area contributed by atoms with Crippen molar-refractivity contribution in [1.29, 1.82) is 0 Å². The molecule has 1 aromatic heterocycles. The zero-order valence-corrected chi connectivity index (χ0v) is 21.8. The van der Waals surface area contributed by atoms with Gasteiger partial charge in [0.05, 0.1) is 30.0 Å². The number of alkyl halides is 3. The second kappa shape index (κ2) is 11.4. The van der Waals surface area contributed by atoms with Gasteiger partial charge in [0.2, 0.25) is 0 Å². The Labute approximate surface area is 228 Å². The Morgan fingerprint density at radius 3 is 2.40 bits per heavy atom. The lowest BCUT2D eigenvalue weighted by molar-refractivity contribution is -0.144. The van der Waals surface area contributed by atoms with Gasteiger partial charge in [-0.15, -0.1) is 5.10 Å². The number of ether oxygens (including phenoxy) is 1. The first-order valence-electron chi connectivity index (χ1n) is 13.6. The number of hydrogen-bond acceptors (Lipinski definition) is 6. The highest BCUT2D eigenvalue weighted by Crippen LogP contribution is 2.40. The molecule has 3 atom stereocenters. The molecule has 3 aromatic rings. The topological polar surface area (TPSA) is 111 Å². The van der Waals surface area contributed by atoms with E-state index in [0.29, 0.717) is 36.7 Å². The highest BCUT2D eigenvalue weighted by atomic mass is 19.4. The molecule has 2 aliphatic carbocycles. The van der Waals surface area contributed by atoms with Crippen LogP contribution in [0.5, 0.6) is 5.75 Å². The second-order valence-electron chi connectivity index (χ2n) is 10.8. The molecule has 2 aromatic carbocycles. The Morgan fingerprint density at radius 1 is 1.00 bits per heavy atom. The molecule has 212 valence electrons. The monoisotopic (exact) mass is 557 g/mol. The molecular formula is C29H30F3N3O5. The van der Waals surface area contributed by atoms with Gasteiger partial charge in [-0.1, -0.05) is 24.5 Å². The molecule has 0 saturated heterocycles. The number of aromatic nitrogens is 3. The first-order chi connectivity index (χ1) is 19.1. The molecule has 1 heterocycles. The molecule has 0 bridgehead atoms. The Balaban J connectivity index is 1.29. The first-order valence-corrected chi connectivity index (χ1v) is 13.6. The summed E-state index contributed by atoms with van der Waals surface area (Å²) in [5, 5.41) is 17.4. The summed E-state index contributed by atoms with van der Waals surface area (Å²) in [4.78, 5) is 38.6. The second-order valence-corrected chi connectivity index (χ2v) is 10.8. The van der Waals surface area contributed by atoms with Crippen LogP contribution in [0.4, 0.5) is 13.2 Å². The molecule has 0 amide bonds. The maximum Gasteiger partial charge on any atom is 0.416 e. The minimum atomic E-state index is -4.64. The number of carbonyl (C=O) groups is 2. The molecule has 0 aliphatic heterocycles. The van der Waals surface area contributed by atoms with Gasteiger partial charge >= 0.3 is 12.1 Å². The number of halogens is 3. The molecule has 2 saturated carbocycles. The summed E-state index contributed by atoms with van der Waals surface area (Å²) in [5.74, 6) is -2.80. The number of aliphatic carboxylic acids is 1. The molecule has 1 N–H and O–H groups in total. The van der Waals surface area contributed by atoms with Crippen LogP contribution in [0.1, 0.15) is 60.9 Å². The van der Waals surface area contributed by atoms with Crippen LogP contribution in [0.15, 0.2) is 47.3 Å². The third-order valence-electron chi connectivity index (χ3n) is 8.22. The minimum absolute atomic E-state index is 0.00896. The molecule has 0 spiro atoms. The largest absolute Gasteiger partial charge is 0.493 e. The lowest BCUT2D eigenvalue weighted by Crippen LogP contribution is -2.34. The van der Waals surface area contributed by atoms with Crippen molar-refractivity contribution in [3.8, 4) is 5.75 Å². The predicted molar refractivity (Wildman–Crippen MR) is 139 cm³/mol. The zero-order valence-electron chi connectivity index (χ0n) is 21.8. The van der Waals surface area contributed by atoms with Crippen molar-refractivity contribution in [3.05, 3.63) is 63.9 Å².